The van der Waals surface area contributed by atoms with Crippen molar-refractivity contribution in [3.05, 3.63) is 75.7 Å². The molecule has 3 aromatic rings. The molecule has 0 saturated heterocycles. The number of pyridine rings is 1. The second-order valence-electron chi connectivity index (χ2n) is 5.40. The molecule has 1 aromatic heterocycles. The molecular weight excluding hydrogens is 358 g/mol. The van der Waals surface area contributed by atoms with Gasteiger partial charge < -0.3 is 9.47 Å². The van der Waals surface area contributed by atoms with E-state index in [9.17, 15) is 14.4 Å². The Balaban J connectivity index is 2.16. The van der Waals surface area contributed by atoms with E-state index in [0.717, 1.165) is 0 Å². The van der Waals surface area contributed by atoms with Crippen molar-refractivity contribution in [2.75, 3.05) is 13.7 Å². The lowest BCUT2D eigenvalue weighted by atomic mass is 10.1. The maximum Gasteiger partial charge on any atom is 0.344 e. The first-order valence-corrected chi connectivity index (χ1v) is 8.03. The van der Waals surface area contributed by atoms with Crippen LogP contribution in [0, 0.1) is 0 Å². The summed E-state index contributed by atoms with van der Waals surface area (Å²) in [6.07, 6.45) is 1.38. The van der Waals surface area contributed by atoms with Gasteiger partial charge in [0.1, 0.15) is 0 Å². The van der Waals surface area contributed by atoms with Gasteiger partial charge in [0.05, 0.1) is 18.4 Å². The first-order chi connectivity index (χ1) is 12.5. The predicted octanol–water partition coefficient (Wildman–Crippen LogP) is 2.97. The van der Waals surface area contributed by atoms with Crippen molar-refractivity contribution in [1.29, 1.82) is 0 Å². The lowest BCUT2D eigenvalue weighted by Gasteiger charge is -2.12. The Bertz CT molecular complexity index is 1060. The SMILES string of the molecule is COC(=O)COC(=O)c1cn(-c2cccc(Cl)c2)c(=O)c2ccccc12. The van der Waals surface area contributed by atoms with Crippen LogP contribution in [0.25, 0.3) is 16.5 Å². The standard InChI is InChI=1S/C19H14ClNO5/c1-25-17(22)11-26-19(24)16-10-21(13-6-4-5-12(20)9-13)18(23)15-8-3-2-7-14(15)16/h2-10H,11H2,1H3. The van der Waals surface area contributed by atoms with Crippen LogP contribution in [0.3, 0.4) is 0 Å². The summed E-state index contributed by atoms with van der Waals surface area (Å²) in [5, 5.41) is 1.24. The summed E-state index contributed by atoms with van der Waals surface area (Å²) >= 11 is 6.01. The Morgan fingerprint density at radius 1 is 1.08 bits per heavy atom. The van der Waals surface area contributed by atoms with E-state index >= 15 is 0 Å². The van der Waals surface area contributed by atoms with Crippen LogP contribution in [0.15, 0.2) is 59.5 Å². The highest BCUT2D eigenvalue weighted by Gasteiger charge is 2.18. The molecular formula is C19H14ClNO5. The summed E-state index contributed by atoms with van der Waals surface area (Å²) in [5.41, 5.74) is 0.367. The molecule has 3 rings (SSSR count). The van der Waals surface area contributed by atoms with E-state index in [0.29, 0.717) is 21.5 Å². The first-order valence-electron chi connectivity index (χ1n) is 7.65. The Morgan fingerprint density at radius 2 is 1.81 bits per heavy atom. The molecule has 0 bridgehead atoms. The van der Waals surface area contributed by atoms with E-state index in [4.69, 9.17) is 16.3 Å². The average molecular weight is 372 g/mol. The number of ether oxygens (including phenoxy) is 2. The number of fused-ring (bicyclic) bond motifs is 1. The molecule has 1 heterocycles. The molecule has 26 heavy (non-hydrogen) atoms. The molecule has 132 valence electrons. The number of carbonyl (C=O) groups is 2. The molecule has 0 spiro atoms. The summed E-state index contributed by atoms with van der Waals surface area (Å²) < 4.78 is 10.8. The fraction of sp³-hybridized carbons (Fsp3) is 0.105. The summed E-state index contributed by atoms with van der Waals surface area (Å²) in [6, 6.07) is 13.4. The highest BCUT2D eigenvalue weighted by molar-refractivity contribution is 6.30. The minimum Gasteiger partial charge on any atom is -0.466 e. The smallest absolute Gasteiger partial charge is 0.344 e. The highest BCUT2D eigenvalue weighted by atomic mass is 35.5. The van der Waals surface area contributed by atoms with Crippen molar-refractivity contribution in [3.8, 4) is 5.69 Å². The molecule has 0 aliphatic carbocycles. The third-order valence-corrected chi connectivity index (χ3v) is 4.01. The molecule has 6 nitrogen and oxygen atoms in total. The molecule has 0 aliphatic rings. The van der Waals surface area contributed by atoms with Gasteiger partial charge in [-0.1, -0.05) is 35.9 Å². The van der Waals surface area contributed by atoms with Crippen LogP contribution in [0.1, 0.15) is 10.4 Å². The molecule has 0 amide bonds. The van der Waals surface area contributed by atoms with E-state index < -0.39 is 18.5 Å². The maximum absolute atomic E-state index is 12.8. The second-order valence-corrected chi connectivity index (χ2v) is 5.83. The number of esters is 2. The highest BCUT2D eigenvalue weighted by Crippen LogP contribution is 2.20. The van der Waals surface area contributed by atoms with Gasteiger partial charge in [-0.2, -0.15) is 0 Å². The third-order valence-electron chi connectivity index (χ3n) is 3.78. The summed E-state index contributed by atoms with van der Waals surface area (Å²) in [6.45, 7) is -0.514. The third kappa shape index (κ3) is 3.45. The summed E-state index contributed by atoms with van der Waals surface area (Å²) in [4.78, 5) is 36.5. The predicted molar refractivity (Wildman–Crippen MR) is 96.9 cm³/mol. The topological polar surface area (TPSA) is 74.6 Å². The van der Waals surface area contributed by atoms with Crippen molar-refractivity contribution < 1.29 is 19.1 Å². The fourth-order valence-corrected chi connectivity index (χ4v) is 2.72. The lowest BCUT2D eigenvalue weighted by molar-refractivity contribution is -0.144. The van der Waals surface area contributed by atoms with Crippen molar-refractivity contribution >= 4 is 34.3 Å². The van der Waals surface area contributed by atoms with Crippen molar-refractivity contribution in [2.45, 2.75) is 0 Å². The van der Waals surface area contributed by atoms with Crippen LogP contribution in [0.4, 0.5) is 0 Å². The van der Waals surface area contributed by atoms with Gasteiger partial charge in [-0.3, -0.25) is 9.36 Å². The molecule has 0 atom stereocenters. The monoisotopic (exact) mass is 371 g/mol. The number of hydrogen-bond acceptors (Lipinski definition) is 5. The number of halogens is 1. The fourth-order valence-electron chi connectivity index (χ4n) is 2.53. The molecule has 0 unspecified atom stereocenters. The number of benzene rings is 2. The van der Waals surface area contributed by atoms with Gasteiger partial charge in [0.2, 0.25) is 0 Å². The van der Waals surface area contributed by atoms with Gasteiger partial charge >= 0.3 is 11.9 Å². The van der Waals surface area contributed by atoms with Gasteiger partial charge in [-0.05, 0) is 24.3 Å². The Kier molecular flexibility index (Phi) is 5.04. The van der Waals surface area contributed by atoms with Crippen LogP contribution in [-0.2, 0) is 14.3 Å². The van der Waals surface area contributed by atoms with Crippen LogP contribution < -0.4 is 5.56 Å². The Morgan fingerprint density at radius 3 is 2.50 bits per heavy atom. The molecule has 0 fully saturated rings. The normalized spacial score (nSPS) is 10.5. The second kappa shape index (κ2) is 7.41. The lowest BCUT2D eigenvalue weighted by Crippen LogP contribution is -2.22. The molecule has 2 aromatic carbocycles. The van der Waals surface area contributed by atoms with Crippen LogP contribution in [0.2, 0.25) is 5.02 Å². The number of hydrogen-bond donors (Lipinski definition) is 0. The number of carbonyl (C=O) groups excluding carboxylic acids is 2. The minimum absolute atomic E-state index is 0.157. The Hall–Kier alpha value is -3.12. The zero-order valence-electron chi connectivity index (χ0n) is 13.8. The van der Waals surface area contributed by atoms with E-state index in [-0.39, 0.29) is 11.1 Å². The van der Waals surface area contributed by atoms with Gasteiger partial charge in [-0.15, -0.1) is 0 Å². The van der Waals surface area contributed by atoms with E-state index in [1.54, 1.807) is 48.5 Å². The molecule has 0 saturated carbocycles. The minimum atomic E-state index is -0.734. The average Bonchev–Trinajstić information content (AvgIpc) is 2.66. The molecule has 0 radical (unpaired) electrons. The zero-order valence-corrected chi connectivity index (χ0v) is 14.5. The number of methoxy groups -OCH3 is 1. The van der Waals surface area contributed by atoms with Crippen molar-refractivity contribution in [1.82, 2.24) is 4.57 Å². The van der Waals surface area contributed by atoms with Gasteiger partial charge in [-0.25, -0.2) is 9.59 Å². The quantitative estimate of drug-likeness (QED) is 0.659. The van der Waals surface area contributed by atoms with E-state index in [1.807, 2.05) is 0 Å². The molecule has 0 N–H and O–H groups in total. The number of aromatic nitrogens is 1. The van der Waals surface area contributed by atoms with Gasteiger partial charge in [0.15, 0.2) is 6.61 Å². The van der Waals surface area contributed by atoms with E-state index in [1.165, 1.54) is 17.9 Å². The van der Waals surface area contributed by atoms with Crippen molar-refractivity contribution in [3.63, 3.8) is 0 Å². The maximum atomic E-state index is 12.8. The molecule has 0 aliphatic heterocycles. The van der Waals surface area contributed by atoms with Crippen LogP contribution in [0.5, 0.6) is 0 Å². The number of nitrogens with zero attached hydrogens (tertiary/aromatic N) is 1. The summed E-state index contributed by atoms with van der Waals surface area (Å²) in [7, 11) is 1.20. The Labute approximate surface area is 153 Å². The van der Waals surface area contributed by atoms with Crippen LogP contribution >= 0.6 is 11.6 Å². The summed E-state index contributed by atoms with van der Waals surface area (Å²) in [5.74, 6) is -1.41. The van der Waals surface area contributed by atoms with E-state index in [2.05, 4.69) is 4.74 Å². The van der Waals surface area contributed by atoms with Gasteiger partial charge in [0, 0.05) is 22.0 Å². The van der Waals surface area contributed by atoms with Crippen LogP contribution in [-0.4, -0.2) is 30.2 Å². The van der Waals surface area contributed by atoms with Crippen molar-refractivity contribution in [2.24, 2.45) is 0 Å². The zero-order chi connectivity index (χ0) is 18.7. The van der Waals surface area contributed by atoms with Gasteiger partial charge in [0.25, 0.3) is 5.56 Å². The first kappa shape index (κ1) is 17.7. The molecule has 7 heteroatoms. The largest absolute Gasteiger partial charge is 0.466 e. The number of rotatable bonds is 4.